The molecule has 0 saturated carbocycles. The van der Waals surface area contributed by atoms with Gasteiger partial charge in [0.15, 0.2) is 0 Å². The zero-order valence-electron chi connectivity index (χ0n) is 15.5. The van der Waals surface area contributed by atoms with Gasteiger partial charge in [-0.3, -0.25) is 4.79 Å². The Morgan fingerprint density at radius 2 is 1.67 bits per heavy atom. The first kappa shape index (κ1) is 20.2. The Morgan fingerprint density at radius 3 is 2.37 bits per heavy atom. The number of benzene rings is 3. The Morgan fingerprint density at radius 1 is 0.933 bits per heavy atom. The molecular formula is C22H16BrN3O3S. The molecule has 3 aromatic carbocycles. The van der Waals surface area contributed by atoms with E-state index >= 15 is 0 Å². The van der Waals surface area contributed by atoms with Crippen LogP contribution >= 0.6 is 15.9 Å². The Labute approximate surface area is 181 Å². The number of anilines is 1. The number of nitrogens with zero attached hydrogens (tertiary/aromatic N) is 1. The third kappa shape index (κ3) is 4.25. The number of nitrogens with one attached hydrogen (secondary N) is 1. The van der Waals surface area contributed by atoms with E-state index < -0.39 is 10.0 Å². The topological polar surface area (TPSA) is 102 Å². The molecule has 0 saturated heterocycles. The Hall–Kier alpha value is -3.07. The van der Waals surface area contributed by atoms with Gasteiger partial charge in [-0.05, 0) is 48.5 Å². The number of carbonyl (C=O) groups is 1. The molecule has 0 radical (unpaired) electrons. The molecule has 1 amide bonds. The van der Waals surface area contributed by atoms with Gasteiger partial charge in [0.05, 0.1) is 21.7 Å². The standard InChI is InChI=1S/C22H16BrN3O3S/c23-15-5-3-4-14(12-15)21-13-19(18-6-1-2-7-20(18)26-21)22(27)25-16-8-10-17(11-9-16)30(24,28)29/h1-13H,(H,25,27)(H2,24,28,29). The fourth-order valence-electron chi connectivity index (χ4n) is 3.09. The summed E-state index contributed by atoms with van der Waals surface area (Å²) in [5.74, 6) is -0.326. The molecule has 0 fully saturated rings. The molecule has 30 heavy (non-hydrogen) atoms. The van der Waals surface area contributed by atoms with Gasteiger partial charge in [0.1, 0.15) is 0 Å². The molecule has 4 aromatic rings. The summed E-state index contributed by atoms with van der Waals surface area (Å²) in [6.45, 7) is 0. The number of halogens is 1. The van der Waals surface area contributed by atoms with Crippen molar-refractivity contribution >= 4 is 48.5 Å². The minimum absolute atomic E-state index is 0.0215. The van der Waals surface area contributed by atoms with Crippen molar-refractivity contribution in [2.75, 3.05) is 5.32 Å². The second kappa shape index (κ2) is 7.98. The van der Waals surface area contributed by atoms with Crippen LogP contribution in [0.15, 0.2) is 88.2 Å². The van der Waals surface area contributed by atoms with Crippen LogP contribution in [-0.2, 0) is 10.0 Å². The van der Waals surface area contributed by atoms with Crippen LogP contribution in [0.2, 0.25) is 0 Å². The highest BCUT2D eigenvalue weighted by molar-refractivity contribution is 9.10. The summed E-state index contributed by atoms with van der Waals surface area (Å²) in [6, 6.07) is 22.5. The number of hydrogen-bond acceptors (Lipinski definition) is 4. The third-order valence-corrected chi connectivity index (χ3v) is 5.94. The summed E-state index contributed by atoms with van der Waals surface area (Å²) in [6.07, 6.45) is 0. The van der Waals surface area contributed by atoms with Crippen LogP contribution in [0.25, 0.3) is 22.2 Å². The lowest BCUT2D eigenvalue weighted by molar-refractivity contribution is 0.102. The van der Waals surface area contributed by atoms with Crippen molar-refractivity contribution in [2.45, 2.75) is 4.90 Å². The maximum atomic E-state index is 13.1. The normalized spacial score (nSPS) is 11.4. The first-order chi connectivity index (χ1) is 14.3. The zero-order valence-corrected chi connectivity index (χ0v) is 17.9. The highest BCUT2D eigenvalue weighted by Crippen LogP contribution is 2.27. The molecule has 1 heterocycles. The number of pyridine rings is 1. The van der Waals surface area contributed by atoms with Crippen LogP contribution in [0, 0.1) is 0 Å². The lowest BCUT2D eigenvalue weighted by Crippen LogP contribution is -2.14. The molecule has 0 spiro atoms. The second-order valence-electron chi connectivity index (χ2n) is 6.61. The van der Waals surface area contributed by atoms with E-state index in [1.165, 1.54) is 24.3 Å². The van der Waals surface area contributed by atoms with Crippen molar-refractivity contribution in [3.63, 3.8) is 0 Å². The summed E-state index contributed by atoms with van der Waals surface area (Å²) >= 11 is 3.46. The van der Waals surface area contributed by atoms with Gasteiger partial charge in [-0.1, -0.05) is 46.3 Å². The van der Waals surface area contributed by atoms with Gasteiger partial charge in [0.25, 0.3) is 5.91 Å². The molecule has 0 aliphatic heterocycles. The Bertz CT molecular complexity index is 1370. The van der Waals surface area contributed by atoms with E-state index in [1.807, 2.05) is 48.5 Å². The summed E-state index contributed by atoms with van der Waals surface area (Å²) in [7, 11) is -3.79. The number of para-hydroxylation sites is 1. The van der Waals surface area contributed by atoms with Gasteiger partial charge in [-0.2, -0.15) is 0 Å². The van der Waals surface area contributed by atoms with E-state index in [0.717, 1.165) is 15.4 Å². The highest BCUT2D eigenvalue weighted by atomic mass is 79.9. The molecule has 6 nitrogen and oxygen atoms in total. The van der Waals surface area contributed by atoms with Crippen molar-refractivity contribution in [1.29, 1.82) is 0 Å². The van der Waals surface area contributed by atoms with Crippen LogP contribution in [-0.4, -0.2) is 19.3 Å². The van der Waals surface area contributed by atoms with E-state index in [1.54, 1.807) is 6.07 Å². The minimum atomic E-state index is -3.79. The molecule has 0 bridgehead atoms. The first-order valence-corrected chi connectivity index (χ1v) is 11.3. The fraction of sp³-hybridized carbons (Fsp3) is 0. The van der Waals surface area contributed by atoms with Crippen LogP contribution in [0.4, 0.5) is 5.69 Å². The molecular weight excluding hydrogens is 466 g/mol. The van der Waals surface area contributed by atoms with Gasteiger partial charge in [0, 0.05) is 21.1 Å². The van der Waals surface area contributed by atoms with Gasteiger partial charge >= 0.3 is 0 Å². The molecule has 1 aromatic heterocycles. The lowest BCUT2D eigenvalue weighted by Gasteiger charge is -2.11. The fourth-order valence-corrected chi connectivity index (χ4v) is 4.00. The monoisotopic (exact) mass is 481 g/mol. The Balaban J connectivity index is 1.74. The van der Waals surface area contributed by atoms with Gasteiger partial charge in [-0.25, -0.2) is 18.5 Å². The van der Waals surface area contributed by atoms with Crippen molar-refractivity contribution < 1.29 is 13.2 Å². The number of hydrogen-bond donors (Lipinski definition) is 2. The molecule has 8 heteroatoms. The van der Waals surface area contributed by atoms with Crippen molar-refractivity contribution in [1.82, 2.24) is 4.98 Å². The van der Waals surface area contributed by atoms with Crippen LogP contribution in [0.5, 0.6) is 0 Å². The number of nitrogens with two attached hydrogens (primary N) is 1. The zero-order chi connectivity index (χ0) is 21.3. The summed E-state index contributed by atoms with van der Waals surface area (Å²) in [5, 5.41) is 8.64. The van der Waals surface area contributed by atoms with E-state index in [0.29, 0.717) is 22.5 Å². The number of aromatic nitrogens is 1. The summed E-state index contributed by atoms with van der Waals surface area (Å²) in [4.78, 5) is 17.7. The number of primary sulfonamides is 1. The predicted molar refractivity (Wildman–Crippen MR) is 121 cm³/mol. The lowest BCUT2D eigenvalue weighted by atomic mass is 10.0. The number of rotatable bonds is 4. The number of sulfonamides is 1. The highest BCUT2D eigenvalue weighted by Gasteiger charge is 2.15. The predicted octanol–water partition coefficient (Wildman–Crippen LogP) is 4.56. The largest absolute Gasteiger partial charge is 0.322 e. The number of carbonyl (C=O) groups excluding carboxylic acids is 1. The van der Waals surface area contributed by atoms with E-state index in [2.05, 4.69) is 21.2 Å². The van der Waals surface area contributed by atoms with Crippen LogP contribution in [0.1, 0.15) is 10.4 Å². The van der Waals surface area contributed by atoms with Crippen LogP contribution < -0.4 is 10.5 Å². The third-order valence-electron chi connectivity index (χ3n) is 4.52. The summed E-state index contributed by atoms with van der Waals surface area (Å²) in [5.41, 5.74) is 3.17. The molecule has 150 valence electrons. The minimum Gasteiger partial charge on any atom is -0.322 e. The SMILES string of the molecule is NS(=O)(=O)c1ccc(NC(=O)c2cc(-c3cccc(Br)c3)nc3ccccc23)cc1. The number of amides is 1. The van der Waals surface area contributed by atoms with Crippen molar-refractivity contribution in [3.05, 3.63) is 88.9 Å². The molecule has 3 N–H and O–H groups in total. The van der Waals surface area contributed by atoms with E-state index in [9.17, 15) is 13.2 Å². The van der Waals surface area contributed by atoms with Gasteiger partial charge in [0.2, 0.25) is 10.0 Å². The van der Waals surface area contributed by atoms with Gasteiger partial charge < -0.3 is 5.32 Å². The molecule has 0 aliphatic rings. The molecule has 0 atom stereocenters. The molecule has 4 rings (SSSR count). The Kier molecular flexibility index (Phi) is 5.38. The second-order valence-corrected chi connectivity index (χ2v) is 9.08. The maximum Gasteiger partial charge on any atom is 0.256 e. The van der Waals surface area contributed by atoms with Gasteiger partial charge in [-0.15, -0.1) is 0 Å². The van der Waals surface area contributed by atoms with E-state index in [4.69, 9.17) is 10.1 Å². The average Bonchev–Trinajstić information content (AvgIpc) is 2.72. The van der Waals surface area contributed by atoms with Crippen molar-refractivity contribution in [3.8, 4) is 11.3 Å². The average molecular weight is 482 g/mol. The molecule has 0 unspecified atom stereocenters. The summed E-state index contributed by atoms with van der Waals surface area (Å²) < 4.78 is 23.7. The van der Waals surface area contributed by atoms with E-state index in [-0.39, 0.29) is 10.8 Å². The number of fused-ring (bicyclic) bond motifs is 1. The first-order valence-electron chi connectivity index (χ1n) is 8.91. The quantitative estimate of drug-likeness (QED) is 0.445. The molecule has 0 aliphatic carbocycles. The smallest absolute Gasteiger partial charge is 0.256 e. The maximum absolute atomic E-state index is 13.1. The van der Waals surface area contributed by atoms with Crippen LogP contribution in [0.3, 0.4) is 0 Å². The van der Waals surface area contributed by atoms with Crippen molar-refractivity contribution in [2.24, 2.45) is 5.14 Å².